The smallest absolute Gasteiger partial charge is 0.389 e. The van der Waals surface area contributed by atoms with Crippen molar-refractivity contribution in [1.82, 2.24) is 19.8 Å². The minimum Gasteiger partial charge on any atom is -0.494 e. The molecule has 37 heavy (non-hydrogen) atoms. The second-order valence-corrected chi connectivity index (χ2v) is 9.44. The molecule has 9 heteroatoms. The molecule has 0 bridgehead atoms. The number of fused-ring (bicyclic) bond motifs is 1. The van der Waals surface area contributed by atoms with E-state index in [-0.39, 0.29) is 13.0 Å². The summed E-state index contributed by atoms with van der Waals surface area (Å²) >= 11 is 0. The maximum atomic E-state index is 12.4. The van der Waals surface area contributed by atoms with Gasteiger partial charge in [0.05, 0.1) is 17.3 Å². The van der Waals surface area contributed by atoms with Crippen LogP contribution < -0.4 is 20.8 Å². The topological polar surface area (TPSA) is 51.6 Å². The first kappa shape index (κ1) is 27.3. The molecule has 0 atom stereocenters. The van der Waals surface area contributed by atoms with Gasteiger partial charge in [-0.2, -0.15) is 13.2 Å². The lowest BCUT2D eigenvalue weighted by Gasteiger charge is -2.27. The third-order valence-electron chi connectivity index (χ3n) is 6.53. The zero-order chi connectivity index (χ0) is 26.1. The number of imidazole rings is 1. The molecule has 1 aliphatic carbocycles. The number of unbranched alkanes of at least 4 members (excludes halogenated alkanes) is 1. The van der Waals surface area contributed by atoms with Gasteiger partial charge in [0.2, 0.25) is 0 Å². The van der Waals surface area contributed by atoms with Crippen LogP contribution >= 0.6 is 0 Å². The van der Waals surface area contributed by atoms with Crippen LogP contribution in [0.2, 0.25) is 0 Å². The maximum Gasteiger partial charge on any atom is 0.389 e. The first-order valence-electron chi connectivity index (χ1n) is 13.3. The van der Waals surface area contributed by atoms with E-state index in [9.17, 15) is 13.2 Å². The molecular weight excluding hydrogens is 481 g/mol. The molecule has 1 fully saturated rings. The van der Waals surface area contributed by atoms with E-state index in [0.717, 1.165) is 86.4 Å². The van der Waals surface area contributed by atoms with Gasteiger partial charge in [0.25, 0.3) is 0 Å². The molecule has 0 unspecified atom stereocenters. The molecule has 0 spiro atoms. The number of halogens is 3. The molecule has 4 rings (SSSR count). The predicted octanol–water partition coefficient (Wildman–Crippen LogP) is 3.84. The summed E-state index contributed by atoms with van der Waals surface area (Å²) in [4.78, 5) is 7.37. The zero-order valence-corrected chi connectivity index (χ0v) is 21.5. The van der Waals surface area contributed by atoms with E-state index in [1.807, 2.05) is 18.2 Å². The number of rotatable bonds is 12. The van der Waals surface area contributed by atoms with Crippen molar-refractivity contribution in [1.29, 1.82) is 0 Å². The largest absolute Gasteiger partial charge is 0.494 e. The lowest BCUT2D eigenvalue weighted by Crippen LogP contribution is -2.44. The highest BCUT2D eigenvalue weighted by Crippen LogP contribution is 2.24. The minimum absolute atomic E-state index is 0.0186. The Kier molecular flexibility index (Phi) is 9.68. The zero-order valence-electron chi connectivity index (χ0n) is 21.5. The molecule has 202 valence electrons. The molecule has 0 radical (unpaired) electrons. The molecule has 1 aromatic carbocycles. The van der Waals surface area contributed by atoms with Gasteiger partial charge in [-0.25, -0.2) is 4.98 Å². The number of alkyl halides is 3. The summed E-state index contributed by atoms with van der Waals surface area (Å²) in [5.74, 6) is 2.23. The van der Waals surface area contributed by atoms with E-state index in [2.05, 4.69) is 39.9 Å². The average Bonchev–Trinajstić information content (AvgIpc) is 3.09. The van der Waals surface area contributed by atoms with Crippen LogP contribution in [0.1, 0.15) is 39.0 Å². The molecule has 6 nitrogen and oxygen atoms in total. The van der Waals surface area contributed by atoms with Crippen LogP contribution in [0.15, 0.2) is 36.1 Å². The van der Waals surface area contributed by atoms with E-state index in [4.69, 9.17) is 14.5 Å². The lowest BCUT2D eigenvalue weighted by molar-refractivity contribution is -0.136. The molecule has 1 N–H and O–H groups in total. The highest BCUT2D eigenvalue weighted by atomic mass is 19.4. The first-order valence-corrected chi connectivity index (χ1v) is 13.3. The van der Waals surface area contributed by atoms with Crippen LogP contribution in [-0.4, -0.2) is 66.6 Å². The summed E-state index contributed by atoms with van der Waals surface area (Å²) in [6, 6.07) is 7.45. The van der Waals surface area contributed by atoms with E-state index in [1.54, 1.807) is 6.07 Å². The number of ether oxygens (including phenoxy) is 2. The molecule has 2 aromatic rings. The number of hydrogen-bond acceptors (Lipinski definition) is 5. The Labute approximate surface area is 216 Å². The van der Waals surface area contributed by atoms with Crippen molar-refractivity contribution >= 4 is 12.2 Å². The van der Waals surface area contributed by atoms with Crippen LogP contribution in [0.4, 0.5) is 13.2 Å². The molecule has 1 aromatic heterocycles. The summed E-state index contributed by atoms with van der Waals surface area (Å²) in [6.07, 6.45) is 3.99. The predicted molar refractivity (Wildman–Crippen MR) is 139 cm³/mol. The highest BCUT2D eigenvalue weighted by molar-refractivity contribution is 5.60. The van der Waals surface area contributed by atoms with Gasteiger partial charge in [0, 0.05) is 57.3 Å². The van der Waals surface area contributed by atoms with Crippen LogP contribution in [0.5, 0.6) is 5.75 Å². The van der Waals surface area contributed by atoms with Crippen LogP contribution in [-0.2, 0) is 11.3 Å². The van der Waals surface area contributed by atoms with Gasteiger partial charge in [0.1, 0.15) is 23.9 Å². The normalized spacial score (nSPS) is 16.3. The summed E-state index contributed by atoms with van der Waals surface area (Å²) < 4.78 is 51.4. The quantitative estimate of drug-likeness (QED) is 0.433. The fourth-order valence-electron chi connectivity index (χ4n) is 4.55. The Morgan fingerprint density at radius 3 is 2.65 bits per heavy atom. The Bertz CT molecular complexity index is 1170. The maximum absolute atomic E-state index is 12.4. The number of piperazine rings is 1. The van der Waals surface area contributed by atoms with Crippen molar-refractivity contribution in [3.05, 3.63) is 46.8 Å². The Balaban J connectivity index is 1.52. The number of benzene rings is 1. The molecule has 2 aliphatic rings. The molecule has 1 saturated heterocycles. The van der Waals surface area contributed by atoms with Gasteiger partial charge in [-0.15, -0.1) is 0 Å². The first-order chi connectivity index (χ1) is 17.9. The van der Waals surface area contributed by atoms with Crippen molar-refractivity contribution < 1.29 is 22.6 Å². The monoisotopic (exact) mass is 518 g/mol. The Hall–Kier alpha value is -2.78. The molecule has 0 saturated carbocycles. The molecule has 2 heterocycles. The van der Waals surface area contributed by atoms with Gasteiger partial charge in [-0.05, 0) is 37.5 Å². The third-order valence-corrected chi connectivity index (χ3v) is 6.53. The number of allylic oxidation sites excluding steroid dienone is 2. The summed E-state index contributed by atoms with van der Waals surface area (Å²) in [5.41, 5.74) is 0.879. The van der Waals surface area contributed by atoms with E-state index in [1.165, 1.54) is 0 Å². The van der Waals surface area contributed by atoms with Crippen molar-refractivity contribution in [3.63, 3.8) is 0 Å². The SMILES string of the molecule is CCCCn1c(-c2cccc(OCCCC(F)(F)F)c2)nc2c1=CC(OCCN1CCNCC1)=CCC=2. The fraction of sp³-hybridized carbons (Fsp3) is 0.536. The molecule has 1 aliphatic heterocycles. The molecular formula is C28H37F3N4O2. The lowest BCUT2D eigenvalue weighted by atomic mass is 10.2. The van der Waals surface area contributed by atoms with Gasteiger partial charge in [-0.1, -0.05) is 31.6 Å². The Morgan fingerprint density at radius 1 is 1.03 bits per heavy atom. The Morgan fingerprint density at radius 2 is 1.86 bits per heavy atom. The third kappa shape index (κ3) is 8.10. The fourth-order valence-corrected chi connectivity index (χ4v) is 4.55. The van der Waals surface area contributed by atoms with E-state index >= 15 is 0 Å². The number of hydrogen-bond donors (Lipinski definition) is 1. The van der Waals surface area contributed by atoms with Gasteiger partial charge < -0.3 is 19.4 Å². The second-order valence-electron chi connectivity index (χ2n) is 9.44. The van der Waals surface area contributed by atoms with Crippen molar-refractivity contribution in [3.8, 4) is 17.1 Å². The number of nitrogens with one attached hydrogen (secondary N) is 1. The summed E-state index contributed by atoms with van der Waals surface area (Å²) in [7, 11) is 0. The van der Waals surface area contributed by atoms with Crippen LogP contribution in [0.25, 0.3) is 23.5 Å². The van der Waals surface area contributed by atoms with Gasteiger partial charge >= 0.3 is 6.18 Å². The molecule has 0 amide bonds. The van der Waals surface area contributed by atoms with E-state index in [0.29, 0.717) is 12.4 Å². The standard InChI is InChI=1S/C28H37F3N4O2/c1-2-3-14-35-26-21-24(37-19-17-34-15-12-32-13-16-34)9-5-10-25(26)33-27(35)22-7-4-8-23(20-22)36-18-6-11-28(29,30)31/h4,7-10,20-21,32H,2-3,5-6,11-19H2,1H3. The van der Waals surface area contributed by atoms with E-state index < -0.39 is 12.6 Å². The van der Waals surface area contributed by atoms with Crippen LogP contribution in [0.3, 0.4) is 0 Å². The number of aromatic nitrogens is 2. The van der Waals surface area contributed by atoms with Crippen LogP contribution in [0, 0.1) is 0 Å². The van der Waals surface area contributed by atoms with Gasteiger partial charge in [0.15, 0.2) is 0 Å². The van der Waals surface area contributed by atoms with Crippen molar-refractivity contribution in [2.75, 3.05) is 45.9 Å². The summed E-state index contributed by atoms with van der Waals surface area (Å²) in [6.45, 7) is 8.66. The van der Waals surface area contributed by atoms with Crippen molar-refractivity contribution in [2.45, 2.75) is 51.7 Å². The summed E-state index contributed by atoms with van der Waals surface area (Å²) in [5, 5.41) is 5.31. The van der Waals surface area contributed by atoms with Gasteiger partial charge in [-0.3, -0.25) is 4.90 Å². The van der Waals surface area contributed by atoms with Crippen molar-refractivity contribution in [2.24, 2.45) is 0 Å². The highest BCUT2D eigenvalue weighted by Gasteiger charge is 2.26. The average molecular weight is 519 g/mol. The second kappa shape index (κ2) is 13.1. The minimum atomic E-state index is -4.16. The number of nitrogens with zero attached hydrogens (tertiary/aromatic N) is 3.